The van der Waals surface area contributed by atoms with E-state index in [0.29, 0.717) is 71.9 Å². The molecule has 0 spiro atoms. The van der Waals surface area contributed by atoms with E-state index in [4.69, 9.17) is 32.9 Å². The number of aromatic nitrogens is 3. The summed E-state index contributed by atoms with van der Waals surface area (Å²) in [5, 5.41) is 13.7. The third kappa shape index (κ3) is 7.75. The fourth-order valence-electron chi connectivity index (χ4n) is 7.83. The number of rotatable bonds is 12. The van der Waals surface area contributed by atoms with Crippen LogP contribution in [0.1, 0.15) is 60.1 Å². The van der Waals surface area contributed by atoms with Crippen molar-refractivity contribution in [2.24, 2.45) is 0 Å². The summed E-state index contributed by atoms with van der Waals surface area (Å²) in [6, 6.07) is 18.2. The molecule has 2 amide bonds. The molecular weight excluding hydrogens is 737 g/mol. The van der Waals surface area contributed by atoms with Crippen LogP contribution in [0, 0.1) is 0 Å². The van der Waals surface area contributed by atoms with Crippen molar-refractivity contribution in [1.29, 1.82) is 0 Å². The molecule has 0 radical (unpaired) electrons. The first-order valence-corrected chi connectivity index (χ1v) is 19.4. The molecule has 1 aliphatic carbocycles. The van der Waals surface area contributed by atoms with Crippen LogP contribution in [0.15, 0.2) is 71.8 Å². The highest BCUT2D eigenvalue weighted by molar-refractivity contribution is 6.36. The van der Waals surface area contributed by atoms with Crippen LogP contribution in [-0.4, -0.2) is 58.5 Å². The minimum absolute atomic E-state index is 0.0670. The Bertz CT molecular complexity index is 2410. The van der Waals surface area contributed by atoms with E-state index in [-0.39, 0.29) is 29.5 Å². The van der Waals surface area contributed by atoms with E-state index in [1.807, 2.05) is 42.5 Å². The molecule has 2 atom stereocenters. The number of pyridine rings is 2. The van der Waals surface area contributed by atoms with Crippen LogP contribution in [0.4, 0.5) is 0 Å². The van der Waals surface area contributed by atoms with Crippen LogP contribution >= 0.6 is 23.2 Å². The molecule has 3 aromatic heterocycles. The number of allylic oxidation sites excluding steroid dienone is 1. The Balaban J connectivity index is 1.01. The minimum atomic E-state index is -0.141. The Labute approximate surface area is 328 Å². The van der Waals surface area contributed by atoms with Crippen LogP contribution < -0.4 is 31.6 Å². The molecule has 2 fully saturated rings. The summed E-state index contributed by atoms with van der Waals surface area (Å²) >= 11 is 14.0. The standard InChI is InChI=1S/C42H41Cl2N7O4/c1-55-41-26(19-45-22-28-9-12-38(52)48-28)16-35(43)36(50-41)17-24-8-11-33-30(24)4-2-6-32(33)34-7-3-5-31(40(34)44)25-14-15-51-37(18-25)47-21-27(42(51)54)20-46-23-29-10-13-39(53)49-29/h2-7,14-18,21,28-29,45-46H,8-13,19-20,22-23H2,1H3,(H,48,52)(H,49,53)/b24-17-/t28-,29+/m1/s1. The van der Waals surface area contributed by atoms with Gasteiger partial charge in [-0.15, -0.1) is 0 Å². The predicted molar refractivity (Wildman–Crippen MR) is 215 cm³/mol. The number of amides is 2. The number of nitrogens with one attached hydrogen (secondary N) is 4. The molecule has 0 bridgehead atoms. The maximum absolute atomic E-state index is 13.3. The third-order valence-electron chi connectivity index (χ3n) is 10.7. The number of benzene rings is 2. The first-order valence-electron chi connectivity index (χ1n) is 18.6. The number of carbonyl (C=O) groups is 2. The Morgan fingerprint density at radius 1 is 0.836 bits per heavy atom. The first kappa shape index (κ1) is 36.9. The fourth-order valence-corrected chi connectivity index (χ4v) is 8.40. The summed E-state index contributed by atoms with van der Waals surface area (Å²) < 4.78 is 7.21. The van der Waals surface area contributed by atoms with Crippen molar-refractivity contribution in [2.75, 3.05) is 20.2 Å². The second-order valence-corrected chi connectivity index (χ2v) is 15.1. The summed E-state index contributed by atoms with van der Waals surface area (Å²) in [5.41, 5.74) is 9.59. The number of hydrogen-bond donors (Lipinski definition) is 4. The van der Waals surface area contributed by atoms with Crippen molar-refractivity contribution < 1.29 is 14.3 Å². The van der Waals surface area contributed by atoms with E-state index in [9.17, 15) is 14.4 Å². The highest BCUT2D eigenvalue weighted by atomic mass is 35.5. The van der Waals surface area contributed by atoms with Gasteiger partial charge in [0.1, 0.15) is 5.65 Å². The molecule has 8 rings (SSSR count). The first-order chi connectivity index (χ1) is 26.7. The van der Waals surface area contributed by atoms with E-state index in [2.05, 4.69) is 44.5 Å². The lowest BCUT2D eigenvalue weighted by molar-refractivity contribution is -0.120. The van der Waals surface area contributed by atoms with E-state index in [1.54, 1.807) is 23.9 Å². The normalized spacial score (nSPS) is 18.6. The zero-order chi connectivity index (χ0) is 38.1. The van der Waals surface area contributed by atoms with Crippen molar-refractivity contribution in [3.05, 3.63) is 115 Å². The monoisotopic (exact) mass is 777 g/mol. The van der Waals surface area contributed by atoms with Crippen molar-refractivity contribution in [2.45, 2.75) is 63.7 Å². The average Bonchev–Trinajstić information content (AvgIpc) is 3.93. The van der Waals surface area contributed by atoms with Crippen LogP contribution in [0.2, 0.25) is 10.0 Å². The second-order valence-electron chi connectivity index (χ2n) is 14.3. The Morgan fingerprint density at radius 3 is 2.20 bits per heavy atom. The number of carbonyl (C=O) groups excluding carboxylic acids is 2. The topological polar surface area (TPSA) is 139 Å². The van der Waals surface area contributed by atoms with Gasteiger partial charge in [-0.3, -0.25) is 18.8 Å². The molecule has 4 N–H and O–H groups in total. The fraction of sp³-hybridized carbons (Fsp3) is 0.310. The molecule has 13 heteroatoms. The van der Waals surface area contributed by atoms with Gasteiger partial charge in [0.2, 0.25) is 17.7 Å². The lowest BCUT2D eigenvalue weighted by Crippen LogP contribution is -2.36. The largest absolute Gasteiger partial charge is 0.481 e. The molecule has 282 valence electrons. The van der Waals surface area contributed by atoms with Crippen molar-refractivity contribution >= 4 is 52.3 Å². The van der Waals surface area contributed by atoms with Gasteiger partial charge in [-0.1, -0.05) is 59.6 Å². The summed E-state index contributed by atoms with van der Waals surface area (Å²) in [5.74, 6) is 0.668. The zero-order valence-electron chi connectivity index (χ0n) is 30.4. The number of fused-ring (bicyclic) bond motifs is 2. The molecule has 5 aromatic rings. The van der Waals surface area contributed by atoms with Gasteiger partial charge in [-0.2, -0.15) is 0 Å². The second kappa shape index (κ2) is 16.0. The van der Waals surface area contributed by atoms with Crippen LogP contribution in [0.25, 0.3) is 39.6 Å². The summed E-state index contributed by atoms with van der Waals surface area (Å²) in [6.07, 6.45) is 9.78. The van der Waals surface area contributed by atoms with Crippen LogP contribution in [0.5, 0.6) is 5.88 Å². The maximum atomic E-state index is 13.3. The van der Waals surface area contributed by atoms with E-state index in [1.165, 1.54) is 5.56 Å². The molecule has 2 aliphatic heterocycles. The maximum Gasteiger partial charge on any atom is 0.262 e. The highest BCUT2D eigenvalue weighted by Crippen LogP contribution is 2.44. The molecular formula is C42H41Cl2N7O4. The molecule has 3 aliphatic rings. The zero-order valence-corrected chi connectivity index (χ0v) is 31.9. The lowest BCUT2D eigenvalue weighted by Gasteiger charge is -2.15. The van der Waals surface area contributed by atoms with E-state index in [0.717, 1.165) is 64.6 Å². The van der Waals surface area contributed by atoms with Crippen molar-refractivity contribution in [3.63, 3.8) is 0 Å². The van der Waals surface area contributed by atoms with Gasteiger partial charge in [-0.25, -0.2) is 9.97 Å². The highest BCUT2D eigenvalue weighted by Gasteiger charge is 2.24. The molecule has 2 saturated heterocycles. The van der Waals surface area contributed by atoms with Gasteiger partial charge in [0.15, 0.2) is 0 Å². The predicted octanol–water partition coefficient (Wildman–Crippen LogP) is 5.96. The van der Waals surface area contributed by atoms with Gasteiger partial charge in [0.25, 0.3) is 5.56 Å². The number of ether oxygens (including phenoxy) is 1. The third-order valence-corrected chi connectivity index (χ3v) is 11.4. The molecule has 5 heterocycles. The van der Waals surface area contributed by atoms with Gasteiger partial charge in [-0.05, 0) is 77.8 Å². The molecule has 0 saturated carbocycles. The number of halogens is 2. The molecule has 55 heavy (non-hydrogen) atoms. The van der Waals surface area contributed by atoms with Gasteiger partial charge in [0, 0.05) is 85.8 Å². The Hall–Kier alpha value is -5.07. The number of nitrogens with zero attached hydrogens (tertiary/aromatic N) is 3. The van der Waals surface area contributed by atoms with Crippen molar-refractivity contribution in [1.82, 2.24) is 35.6 Å². The van der Waals surface area contributed by atoms with Gasteiger partial charge >= 0.3 is 0 Å². The Kier molecular flexibility index (Phi) is 10.7. The van der Waals surface area contributed by atoms with E-state index < -0.39 is 0 Å². The lowest BCUT2D eigenvalue weighted by atomic mass is 9.93. The molecule has 11 nitrogen and oxygen atoms in total. The van der Waals surface area contributed by atoms with E-state index >= 15 is 0 Å². The van der Waals surface area contributed by atoms with Gasteiger partial charge in [0.05, 0.1) is 22.8 Å². The van der Waals surface area contributed by atoms with Crippen molar-refractivity contribution in [3.8, 4) is 28.1 Å². The summed E-state index contributed by atoms with van der Waals surface area (Å²) in [4.78, 5) is 45.8. The quantitative estimate of drug-likeness (QED) is 0.122. The number of hydrogen-bond acceptors (Lipinski definition) is 8. The molecule has 0 unspecified atom stereocenters. The Morgan fingerprint density at radius 2 is 1.51 bits per heavy atom. The number of methoxy groups -OCH3 is 1. The van der Waals surface area contributed by atoms with Crippen LogP contribution in [0.3, 0.4) is 0 Å². The van der Waals surface area contributed by atoms with Crippen LogP contribution in [-0.2, 0) is 29.1 Å². The summed E-state index contributed by atoms with van der Waals surface area (Å²) in [7, 11) is 1.61. The SMILES string of the molecule is COc1nc(/C=C2/CCc3c2cccc3-c2cccc(-c3ccn4c(=O)c(CNC[C@@H]5CCC(=O)N5)cnc4c3)c2Cl)c(Cl)cc1CNC[C@H]1CCC(=O)N1. The average molecular weight is 779 g/mol. The summed E-state index contributed by atoms with van der Waals surface area (Å²) in [6.45, 7) is 2.14. The molecule has 2 aromatic carbocycles. The smallest absolute Gasteiger partial charge is 0.262 e. The van der Waals surface area contributed by atoms with Gasteiger partial charge < -0.3 is 26.0 Å². The minimum Gasteiger partial charge on any atom is -0.481 e.